The predicted octanol–water partition coefficient (Wildman–Crippen LogP) is 2.63. The molecule has 6 heteroatoms. The average molecular weight is 347 g/mol. The van der Waals surface area contributed by atoms with E-state index in [2.05, 4.69) is 38.9 Å². The van der Waals surface area contributed by atoms with Crippen molar-refractivity contribution in [1.82, 2.24) is 19.4 Å². The van der Waals surface area contributed by atoms with Gasteiger partial charge >= 0.3 is 0 Å². The number of hydrogen-bond donors (Lipinski definition) is 0. The third-order valence-corrected chi connectivity index (χ3v) is 5.55. The Labute approximate surface area is 147 Å². The van der Waals surface area contributed by atoms with Gasteiger partial charge in [-0.2, -0.15) is 0 Å². The first-order valence-corrected chi connectivity index (χ1v) is 9.66. The number of aryl methyl sites for hydroxylation is 2. The van der Waals surface area contributed by atoms with Crippen molar-refractivity contribution in [2.75, 3.05) is 26.2 Å². The van der Waals surface area contributed by atoms with Crippen molar-refractivity contribution in [3.05, 3.63) is 40.6 Å². The number of imidazole rings is 1. The van der Waals surface area contributed by atoms with Crippen molar-refractivity contribution in [1.29, 1.82) is 0 Å². The third-order valence-electron chi connectivity index (χ3n) is 4.61. The van der Waals surface area contributed by atoms with Crippen molar-refractivity contribution < 1.29 is 4.79 Å². The molecule has 5 nitrogen and oxygen atoms in total. The first-order chi connectivity index (χ1) is 11.8. The van der Waals surface area contributed by atoms with Crippen LogP contribution in [0.15, 0.2) is 29.9 Å². The van der Waals surface area contributed by atoms with Gasteiger partial charge in [0.05, 0.1) is 6.54 Å². The summed E-state index contributed by atoms with van der Waals surface area (Å²) in [5, 5.41) is 2.07. The SMILES string of the molecule is CCn1ccnc1CN1CCCN(C(=O)CCc2cccs2)CC1. The van der Waals surface area contributed by atoms with E-state index in [1.54, 1.807) is 11.3 Å². The third kappa shape index (κ3) is 4.45. The van der Waals surface area contributed by atoms with Crippen molar-refractivity contribution in [2.24, 2.45) is 0 Å². The summed E-state index contributed by atoms with van der Waals surface area (Å²) >= 11 is 1.73. The molecule has 1 saturated heterocycles. The number of carbonyl (C=O) groups is 1. The van der Waals surface area contributed by atoms with Crippen molar-refractivity contribution in [3.8, 4) is 0 Å². The van der Waals surface area contributed by atoms with Crippen LogP contribution in [0.3, 0.4) is 0 Å². The molecule has 0 aromatic carbocycles. The van der Waals surface area contributed by atoms with Gasteiger partial charge in [-0.15, -0.1) is 11.3 Å². The van der Waals surface area contributed by atoms with Crippen molar-refractivity contribution >= 4 is 17.2 Å². The summed E-state index contributed by atoms with van der Waals surface area (Å²) in [6, 6.07) is 4.16. The number of thiophene rings is 1. The fraction of sp³-hybridized carbons (Fsp3) is 0.556. The maximum Gasteiger partial charge on any atom is 0.222 e. The lowest BCUT2D eigenvalue weighted by atomic mass is 10.2. The Morgan fingerprint density at radius 2 is 2.21 bits per heavy atom. The quantitative estimate of drug-likeness (QED) is 0.807. The molecule has 3 rings (SSSR count). The van der Waals surface area contributed by atoms with Gasteiger partial charge in [-0.25, -0.2) is 4.98 Å². The Kier molecular flexibility index (Phi) is 6.04. The van der Waals surface area contributed by atoms with Crippen LogP contribution in [0.2, 0.25) is 0 Å². The van der Waals surface area contributed by atoms with Crippen LogP contribution in [-0.4, -0.2) is 51.4 Å². The van der Waals surface area contributed by atoms with E-state index in [1.165, 1.54) is 4.88 Å². The summed E-state index contributed by atoms with van der Waals surface area (Å²) in [6.45, 7) is 7.64. The van der Waals surface area contributed by atoms with E-state index in [9.17, 15) is 4.79 Å². The predicted molar refractivity (Wildman–Crippen MR) is 97.0 cm³/mol. The van der Waals surface area contributed by atoms with E-state index in [4.69, 9.17) is 0 Å². The van der Waals surface area contributed by atoms with E-state index in [-0.39, 0.29) is 0 Å². The molecule has 0 bridgehead atoms. The van der Waals surface area contributed by atoms with E-state index in [1.807, 2.05) is 17.3 Å². The molecule has 0 atom stereocenters. The summed E-state index contributed by atoms with van der Waals surface area (Å²) < 4.78 is 2.19. The van der Waals surface area contributed by atoms with Crippen LogP contribution in [0.25, 0.3) is 0 Å². The minimum Gasteiger partial charge on any atom is -0.341 e. The Hall–Kier alpha value is -1.66. The monoisotopic (exact) mass is 346 g/mol. The minimum atomic E-state index is 0.292. The maximum absolute atomic E-state index is 12.5. The highest BCUT2D eigenvalue weighted by molar-refractivity contribution is 7.09. The fourth-order valence-corrected chi connectivity index (χ4v) is 3.91. The summed E-state index contributed by atoms with van der Waals surface area (Å²) in [7, 11) is 0. The van der Waals surface area contributed by atoms with E-state index < -0.39 is 0 Å². The van der Waals surface area contributed by atoms with Crippen molar-refractivity contribution in [2.45, 2.75) is 39.3 Å². The topological polar surface area (TPSA) is 41.4 Å². The molecule has 1 amide bonds. The van der Waals surface area contributed by atoms with E-state index in [0.29, 0.717) is 12.3 Å². The van der Waals surface area contributed by atoms with Crippen LogP contribution in [0, 0.1) is 0 Å². The molecule has 0 N–H and O–H groups in total. The summed E-state index contributed by atoms with van der Waals surface area (Å²) in [6.07, 6.45) is 6.44. The lowest BCUT2D eigenvalue weighted by molar-refractivity contribution is -0.131. The van der Waals surface area contributed by atoms with Gasteiger partial charge < -0.3 is 9.47 Å². The first-order valence-electron chi connectivity index (χ1n) is 8.78. The molecule has 2 aromatic rings. The number of rotatable bonds is 6. The molecule has 0 saturated carbocycles. The molecule has 1 aliphatic rings. The Morgan fingerprint density at radius 3 is 3.00 bits per heavy atom. The van der Waals surface area contributed by atoms with Gasteiger partial charge in [0.25, 0.3) is 0 Å². The largest absolute Gasteiger partial charge is 0.341 e. The van der Waals surface area contributed by atoms with Crippen LogP contribution in [0.4, 0.5) is 0 Å². The van der Waals surface area contributed by atoms with Crippen LogP contribution >= 0.6 is 11.3 Å². The van der Waals surface area contributed by atoms with Gasteiger partial charge in [0.1, 0.15) is 5.82 Å². The Bertz CT molecular complexity index is 637. The normalized spacial score (nSPS) is 16.3. The van der Waals surface area contributed by atoms with Crippen LogP contribution in [0.5, 0.6) is 0 Å². The smallest absolute Gasteiger partial charge is 0.222 e. The number of hydrogen-bond acceptors (Lipinski definition) is 4. The van der Waals surface area contributed by atoms with Gasteiger partial charge in [0, 0.05) is 56.4 Å². The van der Waals surface area contributed by atoms with Crippen LogP contribution in [0.1, 0.15) is 30.5 Å². The molecular weight excluding hydrogens is 320 g/mol. The maximum atomic E-state index is 12.5. The van der Waals surface area contributed by atoms with Gasteiger partial charge in [-0.3, -0.25) is 9.69 Å². The van der Waals surface area contributed by atoms with E-state index >= 15 is 0 Å². The molecule has 0 spiro atoms. The number of nitrogens with zero attached hydrogens (tertiary/aromatic N) is 4. The molecule has 2 aromatic heterocycles. The summed E-state index contributed by atoms with van der Waals surface area (Å²) in [5.41, 5.74) is 0. The lowest BCUT2D eigenvalue weighted by Gasteiger charge is -2.22. The fourth-order valence-electron chi connectivity index (χ4n) is 3.20. The first kappa shape index (κ1) is 17.2. The highest BCUT2D eigenvalue weighted by Crippen LogP contribution is 2.13. The molecule has 3 heterocycles. The number of carbonyl (C=O) groups excluding carboxylic acids is 1. The zero-order valence-corrected chi connectivity index (χ0v) is 15.2. The average Bonchev–Trinajstić information content (AvgIpc) is 3.21. The molecule has 1 fully saturated rings. The second-order valence-electron chi connectivity index (χ2n) is 6.22. The highest BCUT2D eigenvalue weighted by Gasteiger charge is 2.20. The molecule has 130 valence electrons. The Balaban J connectivity index is 1.48. The zero-order chi connectivity index (χ0) is 16.8. The standard InChI is InChI=1S/C18H26N4OS/c1-2-21-11-8-19-17(21)15-20-9-4-10-22(13-12-20)18(23)7-6-16-5-3-14-24-16/h3,5,8,11,14H,2,4,6-7,9-10,12-13,15H2,1H3. The second-order valence-corrected chi connectivity index (χ2v) is 7.25. The van der Waals surface area contributed by atoms with E-state index in [0.717, 1.165) is 57.9 Å². The molecular formula is C18H26N4OS. The zero-order valence-electron chi connectivity index (χ0n) is 14.4. The summed E-state index contributed by atoms with van der Waals surface area (Å²) in [4.78, 5) is 22.7. The van der Waals surface area contributed by atoms with Gasteiger partial charge in [-0.05, 0) is 31.2 Å². The molecule has 24 heavy (non-hydrogen) atoms. The molecule has 0 aliphatic carbocycles. The molecule has 0 radical (unpaired) electrons. The summed E-state index contributed by atoms with van der Waals surface area (Å²) in [5.74, 6) is 1.41. The van der Waals surface area contributed by atoms with Gasteiger partial charge in [0.2, 0.25) is 5.91 Å². The van der Waals surface area contributed by atoms with Gasteiger partial charge in [-0.1, -0.05) is 6.07 Å². The van der Waals surface area contributed by atoms with Gasteiger partial charge in [0.15, 0.2) is 0 Å². The number of amides is 1. The lowest BCUT2D eigenvalue weighted by Crippen LogP contribution is -2.35. The highest BCUT2D eigenvalue weighted by atomic mass is 32.1. The van der Waals surface area contributed by atoms with Crippen LogP contribution < -0.4 is 0 Å². The Morgan fingerprint density at radius 1 is 1.29 bits per heavy atom. The second kappa shape index (κ2) is 8.44. The minimum absolute atomic E-state index is 0.292. The molecule has 1 aliphatic heterocycles. The number of aromatic nitrogens is 2. The van der Waals surface area contributed by atoms with Crippen molar-refractivity contribution in [3.63, 3.8) is 0 Å². The molecule has 0 unspecified atom stereocenters. The van der Waals surface area contributed by atoms with Crippen LogP contribution in [-0.2, 0) is 24.3 Å².